The van der Waals surface area contributed by atoms with Crippen molar-refractivity contribution >= 4 is 17.4 Å². The lowest BCUT2D eigenvalue weighted by atomic mass is 10.1. The topological polar surface area (TPSA) is 66.9 Å². The zero-order chi connectivity index (χ0) is 14.5. The van der Waals surface area contributed by atoms with Gasteiger partial charge in [-0.05, 0) is 56.2 Å². The largest absolute Gasteiger partial charge is 0.369 e. The Morgan fingerprint density at radius 3 is 2.50 bits per heavy atom. The minimum atomic E-state index is -0.260. The van der Waals surface area contributed by atoms with E-state index in [2.05, 4.69) is 20.8 Å². The standard InChI is InChI=1S/C15H18N4O/c1-4-16-14-8-7-13(18-19-14)15(20)17-12-6-5-10(2)11(3)9-12/h5-9H,4H2,1-3H3,(H,16,19)(H,17,20). The smallest absolute Gasteiger partial charge is 0.276 e. The molecule has 104 valence electrons. The number of nitrogens with one attached hydrogen (secondary N) is 2. The van der Waals surface area contributed by atoms with Crippen molar-refractivity contribution in [1.29, 1.82) is 0 Å². The van der Waals surface area contributed by atoms with Gasteiger partial charge in [0.05, 0.1) is 0 Å². The molecular formula is C15H18N4O. The van der Waals surface area contributed by atoms with Crippen LogP contribution in [0.3, 0.4) is 0 Å². The van der Waals surface area contributed by atoms with Gasteiger partial charge in [-0.15, -0.1) is 10.2 Å². The summed E-state index contributed by atoms with van der Waals surface area (Å²) in [5, 5.41) is 13.7. The molecule has 1 heterocycles. The van der Waals surface area contributed by atoms with Crippen molar-refractivity contribution in [2.24, 2.45) is 0 Å². The molecule has 0 saturated carbocycles. The predicted octanol–water partition coefficient (Wildman–Crippen LogP) is 2.78. The van der Waals surface area contributed by atoms with E-state index in [1.165, 1.54) is 5.56 Å². The van der Waals surface area contributed by atoms with Crippen LogP contribution < -0.4 is 10.6 Å². The van der Waals surface area contributed by atoms with Crippen molar-refractivity contribution in [2.45, 2.75) is 20.8 Å². The molecule has 1 aromatic carbocycles. The van der Waals surface area contributed by atoms with Crippen molar-refractivity contribution < 1.29 is 4.79 Å². The number of aromatic nitrogens is 2. The Labute approximate surface area is 118 Å². The number of benzene rings is 1. The number of hydrogen-bond donors (Lipinski definition) is 2. The van der Waals surface area contributed by atoms with Gasteiger partial charge in [0.2, 0.25) is 0 Å². The van der Waals surface area contributed by atoms with Crippen LogP contribution in [0, 0.1) is 13.8 Å². The minimum Gasteiger partial charge on any atom is -0.369 e. The summed E-state index contributed by atoms with van der Waals surface area (Å²) in [6.45, 7) is 6.78. The van der Waals surface area contributed by atoms with Crippen molar-refractivity contribution in [1.82, 2.24) is 10.2 Å². The summed E-state index contributed by atoms with van der Waals surface area (Å²) in [5.74, 6) is 0.402. The van der Waals surface area contributed by atoms with E-state index < -0.39 is 0 Å². The zero-order valence-electron chi connectivity index (χ0n) is 11.9. The third kappa shape index (κ3) is 3.32. The van der Waals surface area contributed by atoms with E-state index in [1.54, 1.807) is 12.1 Å². The third-order valence-electron chi connectivity index (χ3n) is 3.02. The van der Waals surface area contributed by atoms with Gasteiger partial charge >= 0.3 is 0 Å². The molecule has 0 aliphatic carbocycles. The van der Waals surface area contributed by atoms with Gasteiger partial charge in [-0.2, -0.15) is 0 Å². The third-order valence-corrected chi connectivity index (χ3v) is 3.02. The number of carbonyl (C=O) groups is 1. The van der Waals surface area contributed by atoms with Gasteiger partial charge in [0.15, 0.2) is 5.69 Å². The van der Waals surface area contributed by atoms with Crippen LogP contribution in [0.1, 0.15) is 28.5 Å². The molecule has 5 nitrogen and oxygen atoms in total. The monoisotopic (exact) mass is 270 g/mol. The molecule has 0 saturated heterocycles. The Balaban J connectivity index is 2.09. The Morgan fingerprint density at radius 1 is 1.10 bits per heavy atom. The van der Waals surface area contributed by atoms with Gasteiger partial charge in [-0.3, -0.25) is 4.79 Å². The van der Waals surface area contributed by atoms with Crippen LogP contribution in [0.4, 0.5) is 11.5 Å². The average Bonchev–Trinajstić information content (AvgIpc) is 2.44. The van der Waals surface area contributed by atoms with Crippen LogP contribution in [-0.4, -0.2) is 22.6 Å². The number of nitrogens with zero attached hydrogens (tertiary/aromatic N) is 2. The van der Waals surface area contributed by atoms with Crippen LogP contribution >= 0.6 is 0 Å². The molecule has 2 aromatic rings. The molecule has 0 radical (unpaired) electrons. The highest BCUT2D eigenvalue weighted by Gasteiger charge is 2.09. The first kappa shape index (κ1) is 14.0. The molecular weight excluding hydrogens is 252 g/mol. The summed E-state index contributed by atoms with van der Waals surface area (Å²) >= 11 is 0. The number of carbonyl (C=O) groups excluding carboxylic acids is 1. The molecule has 0 aliphatic heterocycles. The molecule has 0 aliphatic rings. The maximum Gasteiger partial charge on any atom is 0.276 e. The van der Waals surface area contributed by atoms with E-state index in [1.807, 2.05) is 39.0 Å². The molecule has 0 atom stereocenters. The lowest BCUT2D eigenvalue weighted by molar-refractivity contribution is 0.102. The summed E-state index contributed by atoms with van der Waals surface area (Å²) in [5.41, 5.74) is 3.38. The van der Waals surface area contributed by atoms with Crippen molar-refractivity contribution in [3.63, 3.8) is 0 Å². The SMILES string of the molecule is CCNc1ccc(C(=O)Nc2ccc(C)c(C)c2)nn1. The lowest BCUT2D eigenvalue weighted by Crippen LogP contribution is -2.15. The number of anilines is 2. The number of rotatable bonds is 4. The van der Waals surface area contributed by atoms with Gasteiger partial charge in [-0.25, -0.2) is 0 Å². The van der Waals surface area contributed by atoms with Crippen LogP contribution in [0.5, 0.6) is 0 Å². The van der Waals surface area contributed by atoms with Gasteiger partial charge < -0.3 is 10.6 Å². The summed E-state index contributed by atoms with van der Waals surface area (Å²) < 4.78 is 0. The summed E-state index contributed by atoms with van der Waals surface area (Å²) in [6.07, 6.45) is 0. The molecule has 2 N–H and O–H groups in total. The molecule has 1 aromatic heterocycles. The Morgan fingerprint density at radius 2 is 1.90 bits per heavy atom. The van der Waals surface area contributed by atoms with E-state index in [9.17, 15) is 4.79 Å². The molecule has 0 fully saturated rings. The fourth-order valence-corrected chi connectivity index (χ4v) is 1.74. The van der Waals surface area contributed by atoms with Crippen LogP contribution in [0.2, 0.25) is 0 Å². The number of aryl methyl sites for hydroxylation is 2. The van der Waals surface area contributed by atoms with Crippen molar-refractivity contribution in [3.8, 4) is 0 Å². The van der Waals surface area contributed by atoms with Gasteiger partial charge in [0, 0.05) is 12.2 Å². The van der Waals surface area contributed by atoms with Gasteiger partial charge in [0.1, 0.15) is 5.82 Å². The van der Waals surface area contributed by atoms with Crippen molar-refractivity contribution in [2.75, 3.05) is 17.2 Å². The fourth-order valence-electron chi connectivity index (χ4n) is 1.74. The predicted molar refractivity (Wildman–Crippen MR) is 80.1 cm³/mol. The van der Waals surface area contributed by atoms with Crippen LogP contribution in [-0.2, 0) is 0 Å². The molecule has 1 amide bonds. The van der Waals surface area contributed by atoms with E-state index in [4.69, 9.17) is 0 Å². The second-order valence-electron chi connectivity index (χ2n) is 4.59. The van der Waals surface area contributed by atoms with Crippen molar-refractivity contribution in [3.05, 3.63) is 47.2 Å². The molecule has 0 bridgehead atoms. The van der Waals surface area contributed by atoms with Gasteiger partial charge in [-0.1, -0.05) is 6.07 Å². The number of hydrogen-bond acceptors (Lipinski definition) is 4. The zero-order valence-corrected chi connectivity index (χ0v) is 11.9. The van der Waals surface area contributed by atoms with E-state index in [-0.39, 0.29) is 5.91 Å². The van der Waals surface area contributed by atoms with Crippen LogP contribution in [0.25, 0.3) is 0 Å². The second-order valence-corrected chi connectivity index (χ2v) is 4.59. The highest BCUT2D eigenvalue weighted by atomic mass is 16.1. The summed E-state index contributed by atoms with van der Waals surface area (Å²) in [7, 11) is 0. The molecule has 0 spiro atoms. The second kappa shape index (κ2) is 6.14. The van der Waals surface area contributed by atoms with E-state index >= 15 is 0 Å². The molecule has 5 heteroatoms. The highest BCUT2D eigenvalue weighted by molar-refractivity contribution is 6.02. The maximum atomic E-state index is 12.0. The van der Waals surface area contributed by atoms with Crippen LogP contribution in [0.15, 0.2) is 30.3 Å². The van der Waals surface area contributed by atoms with Gasteiger partial charge in [0.25, 0.3) is 5.91 Å². The first-order valence-electron chi connectivity index (χ1n) is 6.56. The normalized spacial score (nSPS) is 10.2. The molecule has 20 heavy (non-hydrogen) atoms. The number of amides is 1. The first-order valence-corrected chi connectivity index (χ1v) is 6.56. The fraction of sp³-hybridized carbons (Fsp3) is 0.267. The van der Waals surface area contributed by atoms with E-state index in [0.29, 0.717) is 11.5 Å². The Kier molecular flexibility index (Phi) is 4.30. The lowest BCUT2D eigenvalue weighted by Gasteiger charge is -2.07. The summed E-state index contributed by atoms with van der Waals surface area (Å²) in [6, 6.07) is 9.19. The maximum absolute atomic E-state index is 12.0. The molecule has 2 rings (SSSR count). The Hall–Kier alpha value is -2.43. The minimum absolute atomic E-state index is 0.260. The average molecular weight is 270 g/mol. The summed E-state index contributed by atoms with van der Waals surface area (Å²) in [4.78, 5) is 12.0. The quantitative estimate of drug-likeness (QED) is 0.896. The Bertz CT molecular complexity index is 608. The highest BCUT2D eigenvalue weighted by Crippen LogP contribution is 2.15. The molecule has 0 unspecified atom stereocenters. The van der Waals surface area contributed by atoms with E-state index in [0.717, 1.165) is 17.8 Å². The first-order chi connectivity index (χ1) is 9.60.